The van der Waals surface area contributed by atoms with Crippen molar-refractivity contribution in [1.82, 2.24) is 4.90 Å². The van der Waals surface area contributed by atoms with E-state index in [1.807, 2.05) is 6.92 Å². The molecule has 5 nitrogen and oxygen atoms in total. The van der Waals surface area contributed by atoms with Crippen molar-refractivity contribution in [3.63, 3.8) is 0 Å². The van der Waals surface area contributed by atoms with Gasteiger partial charge < -0.3 is 14.7 Å². The van der Waals surface area contributed by atoms with E-state index in [9.17, 15) is 9.59 Å². The molecule has 0 aromatic carbocycles. The number of carboxylic acids is 1. The van der Waals surface area contributed by atoms with Gasteiger partial charge in [-0.25, -0.2) is 0 Å². The number of amides is 1. The average molecular weight is 257 g/mol. The fourth-order valence-electron chi connectivity index (χ4n) is 2.37. The molecule has 1 amide bonds. The van der Waals surface area contributed by atoms with E-state index >= 15 is 0 Å². The van der Waals surface area contributed by atoms with Gasteiger partial charge in [0.1, 0.15) is 6.54 Å². The molecule has 0 aromatic rings. The van der Waals surface area contributed by atoms with Crippen molar-refractivity contribution in [2.75, 3.05) is 13.7 Å². The molecule has 1 saturated carbocycles. The van der Waals surface area contributed by atoms with Gasteiger partial charge >= 0.3 is 5.97 Å². The van der Waals surface area contributed by atoms with Crippen molar-refractivity contribution in [3.8, 4) is 0 Å². The van der Waals surface area contributed by atoms with E-state index in [1.54, 1.807) is 7.11 Å². The molecule has 0 aromatic heterocycles. The Morgan fingerprint density at radius 2 is 2.00 bits per heavy atom. The highest BCUT2D eigenvalue weighted by Gasteiger charge is 2.28. The topological polar surface area (TPSA) is 66.8 Å². The lowest BCUT2D eigenvalue weighted by Crippen LogP contribution is -2.42. The number of hydrogen-bond acceptors (Lipinski definition) is 3. The molecule has 1 rings (SSSR count). The van der Waals surface area contributed by atoms with Crippen LogP contribution in [0.25, 0.3) is 0 Å². The Hall–Kier alpha value is -1.10. The standard InChI is InChI=1S/C13H23NO4/c1-10(18-2)7-8-12(15)14(9-13(16)17)11-5-3-4-6-11/h10-11H,3-9H2,1-2H3,(H,16,17). The first-order chi connectivity index (χ1) is 8.54. The van der Waals surface area contributed by atoms with Crippen LogP contribution in [-0.4, -0.2) is 47.7 Å². The van der Waals surface area contributed by atoms with Crippen molar-refractivity contribution in [2.45, 2.75) is 57.6 Å². The number of carbonyl (C=O) groups excluding carboxylic acids is 1. The Labute approximate surface area is 108 Å². The van der Waals surface area contributed by atoms with Crippen LogP contribution >= 0.6 is 0 Å². The van der Waals surface area contributed by atoms with Gasteiger partial charge in [-0.05, 0) is 26.2 Å². The van der Waals surface area contributed by atoms with Crippen molar-refractivity contribution in [2.24, 2.45) is 0 Å². The van der Waals surface area contributed by atoms with Crippen LogP contribution < -0.4 is 0 Å². The zero-order valence-electron chi connectivity index (χ0n) is 11.2. The van der Waals surface area contributed by atoms with Gasteiger partial charge in [0.05, 0.1) is 6.10 Å². The maximum absolute atomic E-state index is 12.1. The Morgan fingerprint density at radius 3 is 2.50 bits per heavy atom. The molecule has 1 N–H and O–H groups in total. The molecule has 1 aliphatic rings. The second-order valence-electron chi connectivity index (χ2n) is 4.94. The summed E-state index contributed by atoms with van der Waals surface area (Å²) in [5.41, 5.74) is 0. The van der Waals surface area contributed by atoms with Crippen molar-refractivity contribution in [1.29, 1.82) is 0 Å². The van der Waals surface area contributed by atoms with Gasteiger partial charge in [0.25, 0.3) is 0 Å². The molecule has 0 bridgehead atoms. The second kappa shape index (κ2) is 7.36. The third kappa shape index (κ3) is 4.64. The van der Waals surface area contributed by atoms with E-state index in [-0.39, 0.29) is 24.6 Å². The summed E-state index contributed by atoms with van der Waals surface area (Å²) in [6.45, 7) is 1.73. The molecule has 1 atom stereocenters. The third-order valence-corrected chi connectivity index (χ3v) is 3.56. The minimum Gasteiger partial charge on any atom is -0.480 e. The number of rotatable bonds is 7. The maximum Gasteiger partial charge on any atom is 0.323 e. The summed E-state index contributed by atoms with van der Waals surface area (Å²) in [6, 6.07) is 0.117. The Balaban J connectivity index is 2.52. The van der Waals surface area contributed by atoms with Gasteiger partial charge in [-0.2, -0.15) is 0 Å². The molecule has 5 heteroatoms. The minimum atomic E-state index is -0.935. The van der Waals surface area contributed by atoms with E-state index in [4.69, 9.17) is 9.84 Å². The van der Waals surface area contributed by atoms with Gasteiger partial charge in [-0.3, -0.25) is 9.59 Å². The number of nitrogens with zero attached hydrogens (tertiary/aromatic N) is 1. The third-order valence-electron chi connectivity index (χ3n) is 3.56. The first kappa shape index (κ1) is 15.0. The zero-order valence-corrected chi connectivity index (χ0v) is 11.2. The molecule has 0 heterocycles. The van der Waals surface area contributed by atoms with Crippen molar-refractivity contribution in [3.05, 3.63) is 0 Å². The van der Waals surface area contributed by atoms with Crippen LogP contribution in [-0.2, 0) is 14.3 Å². The summed E-state index contributed by atoms with van der Waals surface area (Å²) in [5.74, 6) is -0.997. The molecule has 0 saturated heterocycles. The van der Waals surface area contributed by atoms with Crippen LogP contribution in [0.15, 0.2) is 0 Å². The van der Waals surface area contributed by atoms with E-state index in [0.29, 0.717) is 12.8 Å². The SMILES string of the molecule is COC(C)CCC(=O)N(CC(=O)O)C1CCCC1. The van der Waals surface area contributed by atoms with E-state index in [1.165, 1.54) is 4.90 Å². The number of aliphatic carboxylic acids is 1. The summed E-state index contributed by atoms with van der Waals surface area (Å²) in [6.07, 6.45) is 5.06. The highest BCUT2D eigenvalue weighted by Crippen LogP contribution is 2.24. The van der Waals surface area contributed by atoms with Gasteiger partial charge in [-0.15, -0.1) is 0 Å². The highest BCUT2D eigenvalue weighted by atomic mass is 16.5. The van der Waals surface area contributed by atoms with Gasteiger partial charge in [0, 0.05) is 19.6 Å². The maximum atomic E-state index is 12.1. The Morgan fingerprint density at radius 1 is 1.39 bits per heavy atom. The molecular weight excluding hydrogens is 234 g/mol. The van der Waals surface area contributed by atoms with E-state index in [2.05, 4.69) is 0 Å². The van der Waals surface area contributed by atoms with Gasteiger partial charge in [0.2, 0.25) is 5.91 Å². The van der Waals surface area contributed by atoms with Crippen LogP contribution in [0.2, 0.25) is 0 Å². The van der Waals surface area contributed by atoms with E-state index < -0.39 is 5.97 Å². The molecule has 18 heavy (non-hydrogen) atoms. The summed E-state index contributed by atoms with van der Waals surface area (Å²) in [7, 11) is 1.61. The van der Waals surface area contributed by atoms with Gasteiger partial charge in [0.15, 0.2) is 0 Å². The largest absolute Gasteiger partial charge is 0.480 e. The summed E-state index contributed by atoms with van der Waals surface area (Å²) < 4.78 is 5.10. The van der Waals surface area contributed by atoms with Crippen molar-refractivity contribution >= 4 is 11.9 Å². The number of carbonyl (C=O) groups is 2. The predicted molar refractivity (Wildman–Crippen MR) is 67.3 cm³/mol. The fraction of sp³-hybridized carbons (Fsp3) is 0.846. The monoisotopic (exact) mass is 257 g/mol. The number of ether oxygens (including phenoxy) is 1. The smallest absolute Gasteiger partial charge is 0.323 e. The lowest BCUT2D eigenvalue weighted by molar-refractivity contribution is -0.146. The minimum absolute atomic E-state index is 0.0317. The Bertz CT molecular complexity index is 287. The van der Waals surface area contributed by atoms with E-state index in [0.717, 1.165) is 25.7 Å². The molecule has 0 radical (unpaired) electrons. The molecule has 0 spiro atoms. The molecule has 1 unspecified atom stereocenters. The van der Waals surface area contributed by atoms with Crippen molar-refractivity contribution < 1.29 is 19.4 Å². The average Bonchev–Trinajstić information content (AvgIpc) is 2.85. The molecule has 104 valence electrons. The predicted octanol–water partition coefficient (Wildman–Crippen LogP) is 1.66. The highest BCUT2D eigenvalue weighted by molar-refractivity contribution is 5.81. The fourth-order valence-corrected chi connectivity index (χ4v) is 2.37. The summed E-state index contributed by atoms with van der Waals surface area (Å²) in [5, 5.41) is 8.90. The molecule has 0 aliphatic heterocycles. The number of hydrogen-bond donors (Lipinski definition) is 1. The molecule has 1 fully saturated rings. The lowest BCUT2D eigenvalue weighted by atomic mass is 10.1. The summed E-state index contributed by atoms with van der Waals surface area (Å²) in [4.78, 5) is 24.5. The van der Waals surface area contributed by atoms with Crippen LogP contribution in [0.3, 0.4) is 0 Å². The van der Waals surface area contributed by atoms with Crippen LogP contribution in [0.5, 0.6) is 0 Å². The zero-order chi connectivity index (χ0) is 13.5. The van der Waals surface area contributed by atoms with Gasteiger partial charge in [-0.1, -0.05) is 12.8 Å². The second-order valence-corrected chi connectivity index (χ2v) is 4.94. The normalized spacial score (nSPS) is 17.7. The van der Waals surface area contributed by atoms with Crippen LogP contribution in [0.1, 0.15) is 45.4 Å². The van der Waals surface area contributed by atoms with Crippen LogP contribution in [0.4, 0.5) is 0 Å². The first-order valence-electron chi connectivity index (χ1n) is 6.58. The first-order valence-corrected chi connectivity index (χ1v) is 6.58. The summed E-state index contributed by atoms with van der Waals surface area (Å²) >= 11 is 0. The number of carboxylic acid groups (broad SMARTS) is 1. The molecular formula is C13H23NO4. The number of methoxy groups -OCH3 is 1. The Kier molecular flexibility index (Phi) is 6.12. The lowest BCUT2D eigenvalue weighted by Gasteiger charge is -2.27. The molecule has 1 aliphatic carbocycles. The van der Waals surface area contributed by atoms with Crippen LogP contribution in [0, 0.1) is 0 Å². The quantitative estimate of drug-likeness (QED) is 0.753.